The molecule has 0 saturated heterocycles. The van der Waals surface area contributed by atoms with Crippen molar-refractivity contribution in [3.05, 3.63) is 12.7 Å². The quantitative estimate of drug-likeness (QED) is 0.412. The van der Waals surface area contributed by atoms with Crippen LogP contribution in [0.25, 0.3) is 0 Å². The van der Waals surface area contributed by atoms with Gasteiger partial charge in [-0.2, -0.15) is 17.6 Å². The van der Waals surface area contributed by atoms with Crippen molar-refractivity contribution in [3.8, 4) is 0 Å². The molecule has 84 valence electrons. The summed E-state index contributed by atoms with van der Waals surface area (Å²) in [6.07, 6.45) is 0.650. The van der Waals surface area contributed by atoms with Crippen LogP contribution in [0.2, 0.25) is 0 Å². The van der Waals surface area contributed by atoms with Gasteiger partial charge in [0.1, 0.15) is 12.5 Å². The van der Waals surface area contributed by atoms with E-state index in [2.05, 4.69) is 11.3 Å². The molecule has 0 bridgehead atoms. The van der Waals surface area contributed by atoms with E-state index < -0.39 is 36.1 Å². The number of carbonyl (C=O) groups is 2. The van der Waals surface area contributed by atoms with Crippen LogP contribution in [0.3, 0.4) is 0 Å². The molecular formula is C8H6F4O3. The van der Waals surface area contributed by atoms with E-state index in [-0.39, 0.29) is 0 Å². The number of alkyl halides is 4. The highest BCUT2D eigenvalue weighted by Gasteiger charge is 2.77. The number of ether oxygens (including phenoxy) is 1. The first kappa shape index (κ1) is 11.7. The molecule has 0 unspecified atom stereocenters. The molecule has 15 heavy (non-hydrogen) atoms. The zero-order chi connectivity index (χ0) is 11.9. The number of rotatable bonds is 3. The van der Waals surface area contributed by atoms with E-state index in [1.54, 1.807) is 0 Å². The Balaban J connectivity index is 2.66. The van der Waals surface area contributed by atoms with E-state index in [4.69, 9.17) is 0 Å². The predicted molar refractivity (Wildman–Crippen MR) is 39.5 cm³/mol. The van der Waals surface area contributed by atoms with Crippen molar-refractivity contribution in [2.75, 3.05) is 6.61 Å². The lowest BCUT2D eigenvalue weighted by molar-refractivity contribution is -0.254. The Morgan fingerprint density at radius 1 is 1.40 bits per heavy atom. The molecule has 0 aliphatic heterocycles. The van der Waals surface area contributed by atoms with Gasteiger partial charge in [0.05, 0.1) is 0 Å². The van der Waals surface area contributed by atoms with Crippen LogP contribution >= 0.6 is 0 Å². The van der Waals surface area contributed by atoms with Gasteiger partial charge >= 0.3 is 17.8 Å². The molecule has 0 N–H and O–H groups in total. The standard InChI is InChI=1S/C8H6F4O3/c1-2-5(13)15-3-4-7(9,10)6(14)8(4,11)12/h2,4H,1,3H2. The van der Waals surface area contributed by atoms with E-state index in [1.807, 2.05) is 0 Å². The molecular weight excluding hydrogens is 220 g/mol. The summed E-state index contributed by atoms with van der Waals surface area (Å²) in [6.45, 7) is 1.74. The Kier molecular flexibility index (Phi) is 2.58. The third kappa shape index (κ3) is 1.62. The van der Waals surface area contributed by atoms with Crippen molar-refractivity contribution in [3.63, 3.8) is 0 Å². The molecule has 0 spiro atoms. The van der Waals surface area contributed by atoms with E-state index >= 15 is 0 Å². The summed E-state index contributed by atoms with van der Waals surface area (Å²) in [7, 11) is 0. The first-order chi connectivity index (χ1) is 6.74. The number of ketones is 1. The first-order valence-electron chi connectivity index (χ1n) is 3.84. The van der Waals surface area contributed by atoms with Gasteiger partial charge in [0.15, 0.2) is 0 Å². The van der Waals surface area contributed by atoms with Crippen LogP contribution in [0.5, 0.6) is 0 Å². The largest absolute Gasteiger partial charge is 0.462 e. The number of halogens is 4. The third-order valence-corrected chi connectivity index (χ3v) is 2.04. The maximum absolute atomic E-state index is 12.6. The van der Waals surface area contributed by atoms with E-state index in [0.29, 0.717) is 6.08 Å². The van der Waals surface area contributed by atoms with E-state index in [1.165, 1.54) is 0 Å². The van der Waals surface area contributed by atoms with Crippen LogP contribution in [-0.2, 0) is 14.3 Å². The second-order valence-electron chi connectivity index (χ2n) is 2.96. The van der Waals surface area contributed by atoms with Gasteiger partial charge in [0.2, 0.25) is 0 Å². The minimum Gasteiger partial charge on any atom is -0.462 e. The average molecular weight is 226 g/mol. The van der Waals surface area contributed by atoms with E-state index in [9.17, 15) is 27.2 Å². The molecule has 3 nitrogen and oxygen atoms in total. The zero-order valence-corrected chi connectivity index (χ0v) is 7.31. The van der Waals surface area contributed by atoms with Crippen LogP contribution in [-0.4, -0.2) is 30.2 Å². The summed E-state index contributed by atoms with van der Waals surface area (Å²) in [6, 6.07) is 0. The lowest BCUT2D eigenvalue weighted by Crippen LogP contribution is -2.68. The maximum atomic E-state index is 12.6. The van der Waals surface area contributed by atoms with Crippen molar-refractivity contribution < 1.29 is 31.9 Å². The van der Waals surface area contributed by atoms with Gasteiger partial charge in [-0.25, -0.2) is 4.79 Å². The summed E-state index contributed by atoms with van der Waals surface area (Å²) < 4.78 is 54.4. The highest BCUT2D eigenvalue weighted by molar-refractivity contribution is 5.99. The van der Waals surface area contributed by atoms with Gasteiger partial charge in [-0.3, -0.25) is 4.79 Å². The minimum atomic E-state index is -4.13. The van der Waals surface area contributed by atoms with Gasteiger partial charge in [0, 0.05) is 6.08 Å². The molecule has 1 rings (SSSR count). The lowest BCUT2D eigenvalue weighted by atomic mass is 9.75. The molecule has 1 saturated carbocycles. The number of Topliss-reactive ketones (excluding diaryl/α,β-unsaturated/α-hetero) is 1. The predicted octanol–water partition coefficient (Wildman–Crippen LogP) is 1.19. The van der Waals surface area contributed by atoms with E-state index in [0.717, 1.165) is 0 Å². The smallest absolute Gasteiger partial charge is 0.330 e. The van der Waals surface area contributed by atoms with Crippen LogP contribution in [0.1, 0.15) is 0 Å². The Labute approximate surface area is 81.7 Å². The van der Waals surface area contributed by atoms with Gasteiger partial charge < -0.3 is 4.74 Å². The fourth-order valence-corrected chi connectivity index (χ4v) is 1.12. The molecule has 0 aromatic heterocycles. The van der Waals surface area contributed by atoms with Gasteiger partial charge in [-0.05, 0) is 0 Å². The van der Waals surface area contributed by atoms with Crippen LogP contribution in [0.4, 0.5) is 17.6 Å². The van der Waals surface area contributed by atoms with Crippen LogP contribution in [0, 0.1) is 5.92 Å². The molecule has 1 aliphatic rings. The lowest BCUT2D eigenvalue weighted by Gasteiger charge is -2.40. The first-order valence-corrected chi connectivity index (χ1v) is 3.84. The number of hydrogen-bond acceptors (Lipinski definition) is 3. The Morgan fingerprint density at radius 2 is 1.87 bits per heavy atom. The molecule has 1 fully saturated rings. The van der Waals surface area contributed by atoms with Crippen molar-refractivity contribution in [1.82, 2.24) is 0 Å². The monoisotopic (exact) mass is 226 g/mol. The summed E-state index contributed by atoms with van der Waals surface area (Å²) in [5, 5.41) is 0. The summed E-state index contributed by atoms with van der Waals surface area (Å²) in [5.41, 5.74) is 0. The summed E-state index contributed by atoms with van der Waals surface area (Å²) >= 11 is 0. The second-order valence-corrected chi connectivity index (χ2v) is 2.96. The Bertz CT molecular complexity index is 306. The molecule has 1 aliphatic carbocycles. The SMILES string of the molecule is C=CC(=O)OCC1C(F)(F)C(=O)C1(F)F. The Hall–Kier alpha value is -1.40. The van der Waals surface area contributed by atoms with Crippen molar-refractivity contribution >= 4 is 11.8 Å². The normalized spacial score (nSPS) is 23.1. The van der Waals surface area contributed by atoms with Crippen LogP contribution in [0.15, 0.2) is 12.7 Å². The van der Waals surface area contributed by atoms with Crippen molar-refractivity contribution in [2.24, 2.45) is 5.92 Å². The average Bonchev–Trinajstić information content (AvgIpc) is 2.15. The maximum Gasteiger partial charge on any atom is 0.330 e. The number of esters is 1. The Morgan fingerprint density at radius 3 is 2.27 bits per heavy atom. The van der Waals surface area contributed by atoms with Crippen molar-refractivity contribution in [1.29, 1.82) is 0 Å². The highest BCUT2D eigenvalue weighted by atomic mass is 19.3. The molecule has 0 heterocycles. The molecule has 0 amide bonds. The summed E-state index contributed by atoms with van der Waals surface area (Å²) in [5.74, 6) is -14.4. The second kappa shape index (κ2) is 3.32. The number of carbonyl (C=O) groups excluding carboxylic acids is 2. The van der Waals surface area contributed by atoms with Gasteiger partial charge in [0.25, 0.3) is 5.78 Å². The van der Waals surface area contributed by atoms with Crippen LogP contribution < -0.4 is 0 Å². The number of hydrogen-bond donors (Lipinski definition) is 0. The molecule has 7 heteroatoms. The third-order valence-electron chi connectivity index (χ3n) is 2.04. The summed E-state index contributed by atoms with van der Waals surface area (Å²) in [4.78, 5) is 20.7. The zero-order valence-electron chi connectivity index (χ0n) is 7.31. The van der Waals surface area contributed by atoms with Gasteiger partial charge in [-0.15, -0.1) is 0 Å². The molecule has 0 atom stereocenters. The van der Waals surface area contributed by atoms with Crippen molar-refractivity contribution in [2.45, 2.75) is 11.8 Å². The molecule has 0 aromatic carbocycles. The minimum absolute atomic E-state index is 0.650. The molecule has 0 aromatic rings. The molecule has 0 radical (unpaired) electrons. The fraction of sp³-hybridized carbons (Fsp3) is 0.500. The highest BCUT2D eigenvalue weighted by Crippen LogP contribution is 2.51. The topological polar surface area (TPSA) is 43.4 Å². The fourth-order valence-electron chi connectivity index (χ4n) is 1.12. The van der Waals surface area contributed by atoms with Gasteiger partial charge in [-0.1, -0.05) is 6.58 Å².